The largest absolute Gasteiger partial charge is 0.274 e. The summed E-state index contributed by atoms with van der Waals surface area (Å²) in [5, 5.41) is 0. The highest BCUT2D eigenvalue weighted by atomic mass is 15.0. The molecule has 0 aromatic carbocycles. The molecule has 0 radical (unpaired) electrons. The maximum Gasteiger partial charge on any atom is 0.0898 e. The van der Waals surface area contributed by atoms with E-state index in [1.165, 1.54) is 64.2 Å². The van der Waals surface area contributed by atoms with Crippen LogP contribution in [0.2, 0.25) is 0 Å². The zero-order chi connectivity index (χ0) is 12.3. The van der Waals surface area contributed by atoms with E-state index in [0.29, 0.717) is 12.1 Å². The third-order valence-electron chi connectivity index (χ3n) is 3.63. The smallest absolute Gasteiger partial charge is 0.0898 e. The van der Waals surface area contributed by atoms with E-state index in [0.717, 1.165) is 0 Å². The average molecular weight is 238 g/mol. The van der Waals surface area contributed by atoms with Gasteiger partial charge in [-0.3, -0.25) is 11.7 Å². The first-order valence-corrected chi connectivity index (χ1v) is 6.93. The Bertz CT molecular complexity index is 212. The topological polar surface area (TPSA) is 76.8 Å². The second kappa shape index (κ2) is 9.34. The summed E-state index contributed by atoms with van der Waals surface area (Å²) >= 11 is 0. The molecule has 0 heterocycles. The van der Waals surface area contributed by atoms with Crippen LogP contribution in [0.25, 0.3) is 0 Å². The summed E-state index contributed by atoms with van der Waals surface area (Å²) in [5.41, 5.74) is 0. The second-order valence-corrected chi connectivity index (χ2v) is 4.94. The first kappa shape index (κ1) is 14.4. The van der Waals surface area contributed by atoms with Crippen molar-refractivity contribution in [1.82, 2.24) is 0 Å². The van der Waals surface area contributed by atoms with Crippen LogP contribution in [0, 0.1) is 0 Å². The molecule has 0 amide bonds. The lowest BCUT2D eigenvalue weighted by Crippen LogP contribution is -2.10. The van der Waals surface area contributed by atoms with Gasteiger partial charge in [0.1, 0.15) is 0 Å². The predicted molar refractivity (Wildman–Crippen MR) is 72.0 cm³/mol. The highest BCUT2D eigenvalue weighted by molar-refractivity contribution is 5.42. The van der Waals surface area contributed by atoms with E-state index in [2.05, 4.69) is 27.7 Å². The maximum atomic E-state index is 4.46. The molecule has 2 aliphatic carbocycles. The number of hydrogen-bond donors (Lipinski definition) is 2. The van der Waals surface area contributed by atoms with Crippen LogP contribution in [0.5, 0.6) is 0 Å². The van der Waals surface area contributed by atoms with E-state index in [9.17, 15) is 0 Å². The molecule has 98 valence electrons. The molecule has 0 bridgehead atoms. The Morgan fingerprint density at radius 2 is 1.00 bits per heavy atom. The molecule has 2 aliphatic rings. The molecule has 4 nitrogen and oxygen atoms in total. The number of hydrogen-bond acceptors (Lipinski definition) is 4. The standard InChI is InChI=1S/C13H22N2.H4N2/c1-3-7-12(8-4-1)14-11-15-13-9-5-2-6-10-13;1-2/h12-13H,1-10H2;1-2H2. The van der Waals surface area contributed by atoms with Crippen molar-refractivity contribution < 1.29 is 0 Å². The highest BCUT2D eigenvalue weighted by Gasteiger charge is 2.12. The summed E-state index contributed by atoms with van der Waals surface area (Å²) in [4.78, 5) is 8.92. The van der Waals surface area contributed by atoms with Crippen LogP contribution in [-0.2, 0) is 0 Å². The third-order valence-corrected chi connectivity index (χ3v) is 3.63. The van der Waals surface area contributed by atoms with E-state index >= 15 is 0 Å². The minimum Gasteiger partial charge on any atom is -0.274 e. The van der Waals surface area contributed by atoms with E-state index < -0.39 is 0 Å². The van der Waals surface area contributed by atoms with Crippen molar-refractivity contribution in [2.75, 3.05) is 0 Å². The van der Waals surface area contributed by atoms with E-state index in [4.69, 9.17) is 0 Å². The van der Waals surface area contributed by atoms with Gasteiger partial charge in [0.05, 0.1) is 18.1 Å². The number of hydrazine groups is 1. The van der Waals surface area contributed by atoms with Crippen molar-refractivity contribution in [2.45, 2.75) is 76.3 Å². The Morgan fingerprint density at radius 3 is 1.35 bits per heavy atom. The minimum atomic E-state index is 0.533. The minimum absolute atomic E-state index is 0.533. The van der Waals surface area contributed by atoms with Crippen molar-refractivity contribution in [2.24, 2.45) is 21.7 Å². The number of rotatable bonds is 2. The molecule has 0 unspecified atom stereocenters. The third kappa shape index (κ3) is 5.97. The van der Waals surface area contributed by atoms with Crippen molar-refractivity contribution >= 4 is 6.01 Å². The number of nitrogens with two attached hydrogens (primary N) is 2. The van der Waals surface area contributed by atoms with Crippen LogP contribution in [0.15, 0.2) is 9.98 Å². The van der Waals surface area contributed by atoms with Crippen LogP contribution in [0.1, 0.15) is 64.2 Å². The lowest BCUT2D eigenvalue weighted by molar-refractivity contribution is 0.438. The lowest BCUT2D eigenvalue weighted by Gasteiger charge is -2.17. The normalized spacial score (nSPS) is 22.0. The van der Waals surface area contributed by atoms with Crippen molar-refractivity contribution in [3.05, 3.63) is 0 Å². The fraction of sp³-hybridized carbons (Fsp3) is 0.923. The van der Waals surface area contributed by atoms with Crippen LogP contribution >= 0.6 is 0 Å². The maximum absolute atomic E-state index is 4.46. The van der Waals surface area contributed by atoms with Gasteiger partial charge in [-0.2, -0.15) is 0 Å². The molecule has 0 aromatic rings. The van der Waals surface area contributed by atoms with E-state index in [-0.39, 0.29) is 0 Å². The molecule has 4 N–H and O–H groups in total. The van der Waals surface area contributed by atoms with Gasteiger partial charge >= 0.3 is 0 Å². The number of aliphatic imine (C=N–C) groups is 2. The van der Waals surface area contributed by atoms with Crippen LogP contribution in [0.4, 0.5) is 0 Å². The molecular weight excluding hydrogens is 212 g/mol. The van der Waals surface area contributed by atoms with Gasteiger partial charge in [-0.05, 0) is 25.7 Å². The molecule has 0 atom stereocenters. The molecule has 0 aromatic heterocycles. The summed E-state index contributed by atoms with van der Waals surface area (Å²) < 4.78 is 0. The summed E-state index contributed by atoms with van der Waals surface area (Å²) in [6, 6.07) is 4.04. The van der Waals surface area contributed by atoms with Gasteiger partial charge in [0.2, 0.25) is 0 Å². The van der Waals surface area contributed by atoms with Gasteiger partial charge < -0.3 is 0 Å². The van der Waals surface area contributed by atoms with Crippen LogP contribution in [0.3, 0.4) is 0 Å². The summed E-state index contributed by atoms with van der Waals surface area (Å²) in [7, 11) is 0. The zero-order valence-electron chi connectivity index (χ0n) is 10.8. The Balaban J connectivity index is 0.000000686. The monoisotopic (exact) mass is 238 g/mol. The molecule has 2 saturated carbocycles. The Morgan fingerprint density at radius 1 is 0.647 bits per heavy atom. The molecule has 4 heteroatoms. The first-order valence-electron chi connectivity index (χ1n) is 6.93. The lowest BCUT2D eigenvalue weighted by atomic mass is 9.96. The Labute approximate surface area is 105 Å². The van der Waals surface area contributed by atoms with Gasteiger partial charge in [0.25, 0.3) is 0 Å². The molecule has 0 spiro atoms. The average Bonchev–Trinajstić information content (AvgIpc) is 2.43. The summed E-state index contributed by atoms with van der Waals surface area (Å²) in [6.45, 7) is 0. The Hall–Kier alpha value is -0.700. The zero-order valence-corrected chi connectivity index (χ0v) is 10.8. The van der Waals surface area contributed by atoms with Crippen LogP contribution < -0.4 is 11.7 Å². The molecule has 0 saturated heterocycles. The van der Waals surface area contributed by atoms with Gasteiger partial charge in [-0.15, -0.1) is 0 Å². The van der Waals surface area contributed by atoms with Gasteiger partial charge in [0, 0.05) is 0 Å². The fourth-order valence-electron chi connectivity index (χ4n) is 2.62. The van der Waals surface area contributed by atoms with Crippen molar-refractivity contribution in [3.63, 3.8) is 0 Å². The van der Waals surface area contributed by atoms with Crippen molar-refractivity contribution in [3.8, 4) is 0 Å². The second-order valence-electron chi connectivity index (χ2n) is 4.94. The molecule has 2 rings (SSSR count). The quantitative estimate of drug-likeness (QED) is 0.441. The Kier molecular flexibility index (Phi) is 7.89. The first-order chi connectivity index (χ1) is 8.45. The SMILES string of the molecule is C(=NC1CCCCC1)=NC1CCCCC1.NN. The fourth-order valence-corrected chi connectivity index (χ4v) is 2.62. The summed E-state index contributed by atoms with van der Waals surface area (Å²) in [5.74, 6) is 8.00. The van der Waals surface area contributed by atoms with Crippen LogP contribution in [-0.4, -0.2) is 18.1 Å². The van der Waals surface area contributed by atoms with Gasteiger partial charge in [-0.1, -0.05) is 38.5 Å². The molecular formula is C13H26N4. The van der Waals surface area contributed by atoms with Gasteiger partial charge in [-0.25, -0.2) is 9.98 Å². The summed E-state index contributed by atoms with van der Waals surface area (Å²) in [6.07, 6.45) is 13.2. The highest BCUT2D eigenvalue weighted by Crippen LogP contribution is 2.21. The van der Waals surface area contributed by atoms with Gasteiger partial charge in [0.15, 0.2) is 0 Å². The predicted octanol–water partition coefficient (Wildman–Crippen LogP) is 2.64. The molecule has 2 fully saturated rings. The molecule has 17 heavy (non-hydrogen) atoms. The van der Waals surface area contributed by atoms with Crippen molar-refractivity contribution in [1.29, 1.82) is 0 Å². The van der Waals surface area contributed by atoms with E-state index in [1.807, 2.05) is 0 Å². The number of nitrogens with zero attached hydrogens (tertiary/aromatic N) is 2. The van der Waals surface area contributed by atoms with E-state index in [1.54, 1.807) is 0 Å². The molecule has 0 aliphatic heterocycles.